The highest BCUT2D eigenvalue weighted by Gasteiger charge is 2.48. The zero-order valence-electron chi connectivity index (χ0n) is 12.6. The van der Waals surface area contributed by atoms with Gasteiger partial charge in [0.25, 0.3) is 0 Å². The second-order valence-electron chi connectivity index (χ2n) is 6.53. The lowest BCUT2D eigenvalue weighted by atomic mass is 9.65. The highest BCUT2D eigenvalue weighted by Crippen LogP contribution is 2.56. The van der Waals surface area contributed by atoms with Crippen LogP contribution in [-0.4, -0.2) is 23.7 Å². The third kappa shape index (κ3) is 3.24. The Morgan fingerprint density at radius 2 is 1.82 bits per heavy atom. The van der Waals surface area contributed by atoms with Gasteiger partial charge in [0.15, 0.2) is 0 Å². The molecule has 2 fully saturated rings. The van der Waals surface area contributed by atoms with Crippen LogP contribution in [-0.2, 0) is 6.54 Å². The Balaban J connectivity index is 1.43. The monoisotopic (exact) mass is 302 g/mol. The Labute approximate surface area is 130 Å². The molecule has 3 N–H and O–H groups in total. The van der Waals surface area contributed by atoms with Gasteiger partial charge in [-0.1, -0.05) is 18.6 Å². The molecule has 2 saturated carbocycles. The molecule has 2 aliphatic rings. The number of carboxylic acids is 1. The fourth-order valence-corrected chi connectivity index (χ4v) is 3.32. The number of rotatable bonds is 6. The molecule has 1 aromatic rings. The number of carboxylic acid groups (broad SMARTS) is 1. The van der Waals surface area contributed by atoms with E-state index >= 15 is 0 Å². The number of benzene rings is 1. The van der Waals surface area contributed by atoms with E-state index in [1.54, 1.807) is 24.3 Å². The summed E-state index contributed by atoms with van der Waals surface area (Å²) in [4.78, 5) is 22.7. The quantitative estimate of drug-likeness (QED) is 0.756. The first-order chi connectivity index (χ1) is 10.6. The lowest BCUT2D eigenvalue weighted by Crippen LogP contribution is -2.46. The number of hydrogen-bond donors (Lipinski definition) is 3. The summed E-state index contributed by atoms with van der Waals surface area (Å²) in [6.45, 7) is 1.18. The average Bonchev–Trinajstić information content (AvgIpc) is 3.29. The van der Waals surface area contributed by atoms with Gasteiger partial charge in [0.1, 0.15) is 0 Å². The third-order valence-corrected chi connectivity index (χ3v) is 5.05. The minimum absolute atomic E-state index is 0.144. The Hall–Kier alpha value is -2.04. The highest BCUT2D eigenvalue weighted by atomic mass is 16.4. The summed E-state index contributed by atoms with van der Waals surface area (Å²) in [5.41, 5.74) is 1.52. The summed E-state index contributed by atoms with van der Waals surface area (Å²) >= 11 is 0. The van der Waals surface area contributed by atoms with E-state index in [-0.39, 0.29) is 11.6 Å². The molecule has 2 amide bonds. The molecule has 0 aliphatic heterocycles. The van der Waals surface area contributed by atoms with Gasteiger partial charge in [0.05, 0.1) is 5.56 Å². The summed E-state index contributed by atoms with van der Waals surface area (Å²) in [5, 5.41) is 14.7. The summed E-state index contributed by atoms with van der Waals surface area (Å²) < 4.78 is 0. The largest absolute Gasteiger partial charge is 0.478 e. The Morgan fingerprint density at radius 1 is 1.14 bits per heavy atom. The van der Waals surface area contributed by atoms with E-state index in [0.29, 0.717) is 12.0 Å². The molecule has 0 spiro atoms. The molecule has 0 aromatic heterocycles. The topological polar surface area (TPSA) is 78.4 Å². The molecule has 0 atom stereocenters. The van der Waals surface area contributed by atoms with Crippen LogP contribution in [0.15, 0.2) is 24.3 Å². The highest BCUT2D eigenvalue weighted by molar-refractivity contribution is 5.87. The van der Waals surface area contributed by atoms with Gasteiger partial charge in [-0.2, -0.15) is 0 Å². The van der Waals surface area contributed by atoms with Gasteiger partial charge in [0, 0.05) is 13.1 Å². The van der Waals surface area contributed by atoms with E-state index in [2.05, 4.69) is 10.6 Å². The minimum Gasteiger partial charge on any atom is -0.478 e. The predicted molar refractivity (Wildman–Crippen MR) is 82.6 cm³/mol. The molecule has 0 heterocycles. The number of amides is 2. The van der Waals surface area contributed by atoms with Crippen molar-refractivity contribution in [3.05, 3.63) is 35.4 Å². The van der Waals surface area contributed by atoms with Crippen molar-refractivity contribution in [2.45, 2.75) is 38.6 Å². The molecule has 0 bridgehead atoms. The molecular formula is C17H22N2O3. The summed E-state index contributed by atoms with van der Waals surface area (Å²) in [5.74, 6) is -0.117. The smallest absolute Gasteiger partial charge is 0.335 e. The van der Waals surface area contributed by atoms with Crippen LogP contribution < -0.4 is 10.6 Å². The van der Waals surface area contributed by atoms with Gasteiger partial charge in [-0.3, -0.25) is 0 Å². The normalized spacial score (nSPS) is 19.1. The van der Waals surface area contributed by atoms with Crippen LogP contribution in [0.1, 0.15) is 48.0 Å². The van der Waals surface area contributed by atoms with Crippen LogP contribution in [0.25, 0.3) is 0 Å². The van der Waals surface area contributed by atoms with Gasteiger partial charge < -0.3 is 15.7 Å². The standard InChI is InChI=1S/C17H22N2O3/c20-15(21)13-4-2-12(3-5-13)10-18-16(22)19-11-17(8-1-9-17)14-6-7-14/h2-5,14H,1,6-11H2,(H,20,21)(H2,18,19,22). The van der Waals surface area contributed by atoms with Gasteiger partial charge in [-0.05, 0) is 54.7 Å². The van der Waals surface area contributed by atoms with E-state index < -0.39 is 5.97 Å². The van der Waals surface area contributed by atoms with Gasteiger partial charge in [-0.15, -0.1) is 0 Å². The Kier molecular flexibility index (Phi) is 4.05. The first-order valence-corrected chi connectivity index (χ1v) is 7.93. The van der Waals surface area contributed by atoms with Crippen molar-refractivity contribution in [3.8, 4) is 0 Å². The maximum atomic E-state index is 11.9. The van der Waals surface area contributed by atoms with Crippen LogP contribution in [0, 0.1) is 11.3 Å². The van der Waals surface area contributed by atoms with Crippen LogP contribution in [0.4, 0.5) is 4.79 Å². The summed E-state index contributed by atoms with van der Waals surface area (Å²) in [6.07, 6.45) is 6.41. The zero-order valence-corrected chi connectivity index (χ0v) is 12.6. The van der Waals surface area contributed by atoms with Crippen molar-refractivity contribution >= 4 is 12.0 Å². The van der Waals surface area contributed by atoms with Crippen LogP contribution >= 0.6 is 0 Å². The number of aromatic carboxylic acids is 1. The molecule has 0 unspecified atom stereocenters. The molecule has 1 aromatic carbocycles. The van der Waals surface area contributed by atoms with Gasteiger partial charge in [-0.25, -0.2) is 9.59 Å². The molecule has 118 valence electrons. The van der Waals surface area contributed by atoms with E-state index in [1.165, 1.54) is 32.1 Å². The molecule has 0 saturated heterocycles. The SMILES string of the molecule is O=C(NCc1ccc(C(=O)O)cc1)NCC1(C2CC2)CCC1. The second-order valence-corrected chi connectivity index (χ2v) is 6.53. The van der Waals surface area contributed by atoms with E-state index in [4.69, 9.17) is 5.11 Å². The molecule has 3 rings (SSSR count). The van der Waals surface area contributed by atoms with E-state index in [0.717, 1.165) is 18.0 Å². The molecule has 5 heteroatoms. The minimum atomic E-state index is -0.942. The summed E-state index contributed by atoms with van der Waals surface area (Å²) in [7, 11) is 0. The average molecular weight is 302 g/mol. The number of nitrogens with one attached hydrogen (secondary N) is 2. The van der Waals surface area contributed by atoms with E-state index in [9.17, 15) is 9.59 Å². The van der Waals surface area contributed by atoms with Crippen LogP contribution in [0.2, 0.25) is 0 Å². The Morgan fingerprint density at radius 3 is 2.32 bits per heavy atom. The molecular weight excluding hydrogens is 280 g/mol. The van der Waals surface area contributed by atoms with Crippen LogP contribution in [0.5, 0.6) is 0 Å². The van der Waals surface area contributed by atoms with Crippen molar-refractivity contribution in [1.82, 2.24) is 10.6 Å². The summed E-state index contributed by atoms with van der Waals surface area (Å²) in [6, 6.07) is 6.40. The third-order valence-electron chi connectivity index (χ3n) is 5.05. The molecule has 5 nitrogen and oxygen atoms in total. The fraction of sp³-hybridized carbons (Fsp3) is 0.529. The fourth-order valence-electron chi connectivity index (χ4n) is 3.32. The molecule has 22 heavy (non-hydrogen) atoms. The molecule has 2 aliphatic carbocycles. The number of urea groups is 1. The maximum Gasteiger partial charge on any atom is 0.335 e. The maximum absolute atomic E-state index is 11.9. The van der Waals surface area contributed by atoms with Crippen molar-refractivity contribution in [2.75, 3.05) is 6.54 Å². The van der Waals surface area contributed by atoms with E-state index in [1.807, 2.05) is 0 Å². The van der Waals surface area contributed by atoms with Crippen LogP contribution in [0.3, 0.4) is 0 Å². The number of carbonyl (C=O) groups is 2. The second kappa shape index (κ2) is 5.99. The first kappa shape index (κ1) is 14.9. The van der Waals surface area contributed by atoms with Crippen molar-refractivity contribution in [2.24, 2.45) is 11.3 Å². The lowest BCUT2D eigenvalue weighted by Gasteiger charge is -2.42. The first-order valence-electron chi connectivity index (χ1n) is 7.93. The molecule has 0 radical (unpaired) electrons. The predicted octanol–water partition coefficient (Wildman–Crippen LogP) is 2.76. The van der Waals surface area contributed by atoms with Crippen molar-refractivity contribution in [3.63, 3.8) is 0 Å². The van der Waals surface area contributed by atoms with Gasteiger partial charge >= 0.3 is 12.0 Å². The number of carbonyl (C=O) groups excluding carboxylic acids is 1. The van der Waals surface area contributed by atoms with Crippen molar-refractivity contribution in [1.29, 1.82) is 0 Å². The zero-order chi connectivity index (χ0) is 15.6. The number of hydrogen-bond acceptors (Lipinski definition) is 2. The van der Waals surface area contributed by atoms with Crippen molar-refractivity contribution < 1.29 is 14.7 Å². The Bertz CT molecular complexity index is 560. The lowest BCUT2D eigenvalue weighted by molar-refractivity contribution is 0.0697. The van der Waals surface area contributed by atoms with Gasteiger partial charge in [0.2, 0.25) is 0 Å².